The lowest BCUT2D eigenvalue weighted by Gasteiger charge is -2.30. The molecule has 19 heavy (non-hydrogen) atoms. The van der Waals surface area contributed by atoms with Crippen LogP contribution in [-0.2, 0) is 5.54 Å². The van der Waals surface area contributed by atoms with Crippen molar-refractivity contribution in [2.75, 3.05) is 11.2 Å². The molecule has 0 aliphatic rings. The second kappa shape index (κ2) is 6.12. The predicted octanol–water partition coefficient (Wildman–Crippen LogP) is 5.06. The molecule has 2 rings (SSSR count). The van der Waals surface area contributed by atoms with E-state index in [1.54, 1.807) is 12.3 Å². The molecule has 5 heteroatoms. The smallest absolute Gasteiger partial charge is 0.141 e. The lowest BCUT2D eigenvalue weighted by atomic mass is 9.94. The summed E-state index contributed by atoms with van der Waals surface area (Å²) < 4.78 is 0.812. The maximum Gasteiger partial charge on any atom is 0.141 e. The molecule has 1 N–H and O–H groups in total. The number of halogens is 3. The van der Waals surface area contributed by atoms with Crippen molar-refractivity contribution in [1.82, 2.24) is 4.98 Å². The summed E-state index contributed by atoms with van der Waals surface area (Å²) in [6.45, 7) is 2.04. The summed E-state index contributed by atoms with van der Waals surface area (Å²) in [5.74, 6) is 1.14. The molecule has 0 fully saturated rings. The van der Waals surface area contributed by atoms with Crippen LogP contribution in [0.5, 0.6) is 0 Å². The number of alkyl halides is 1. The minimum absolute atomic E-state index is 0.397. The monoisotopic (exact) mass is 358 g/mol. The van der Waals surface area contributed by atoms with Crippen molar-refractivity contribution < 1.29 is 0 Å². The number of anilines is 1. The summed E-state index contributed by atoms with van der Waals surface area (Å²) >= 11 is 15.5. The van der Waals surface area contributed by atoms with E-state index in [1.807, 2.05) is 37.3 Å². The molecule has 1 unspecified atom stereocenters. The Balaban J connectivity index is 2.33. The molecule has 2 aromatic rings. The second-order valence-corrected chi connectivity index (χ2v) is 6.00. The maximum absolute atomic E-state index is 6.15. The predicted molar refractivity (Wildman–Crippen MR) is 85.1 cm³/mol. The first-order valence-electron chi connectivity index (χ1n) is 5.76. The van der Waals surface area contributed by atoms with E-state index in [-0.39, 0.29) is 0 Å². The molecule has 1 atom stereocenters. The van der Waals surface area contributed by atoms with Crippen LogP contribution in [0.15, 0.2) is 47.1 Å². The van der Waals surface area contributed by atoms with Gasteiger partial charge in [0.25, 0.3) is 0 Å². The third kappa shape index (κ3) is 3.41. The third-order valence-electron chi connectivity index (χ3n) is 2.88. The Hall–Kier alpha value is -0.770. The minimum atomic E-state index is -0.397. The van der Waals surface area contributed by atoms with Crippen LogP contribution in [0.2, 0.25) is 5.02 Å². The first-order chi connectivity index (χ1) is 9.05. The van der Waals surface area contributed by atoms with Crippen molar-refractivity contribution in [3.05, 3.63) is 57.7 Å². The molecule has 0 saturated heterocycles. The van der Waals surface area contributed by atoms with Gasteiger partial charge >= 0.3 is 0 Å². The number of hydrogen-bond donors (Lipinski definition) is 1. The summed E-state index contributed by atoms with van der Waals surface area (Å²) in [6, 6.07) is 11.8. The molecule has 0 aliphatic heterocycles. The fraction of sp³-hybridized carbons (Fsp3) is 0.214. The van der Waals surface area contributed by atoms with Crippen LogP contribution in [0.25, 0.3) is 0 Å². The van der Waals surface area contributed by atoms with Crippen LogP contribution in [0.1, 0.15) is 12.5 Å². The van der Waals surface area contributed by atoms with Crippen molar-refractivity contribution in [2.45, 2.75) is 12.5 Å². The van der Waals surface area contributed by atoms with Gasteiger partial charge in [-0.2, -0.15) is 0 Å². The molecule has 0 amide bonds. The zero-order valence-electron chi connectivity index (χ0n) is 10.3. The van der Waals surface area contributed by atoms with E-state index in [9.17, 15) is 0 Å². The van der Waals surface area contributed by atoms with Gasteiger partial charge < -0.3 is 5.32 Å². The fourth-order valence-corrected chi connectivity index (χ4v) is 2.72. The van der Waals surface area contributed by atoms with Gasteiger partial charge in [-0.1, -0.05) is 41.9 Å². The zero-order valence-corrected chi connectivity index (χ0v) is 13.4. The van der Waals surface area contributed by atoms with Crippen LogP contribution in [0.3, 0.4) is 0 Å². The van der Waals surface area contributed by atoms with Gasteiger partial charge in [-0.05, 0) is 34.5 Å². The van der Waals surface area contributed by atoms with Crippen LogP contribution in [0, 0.1) is 0 Å². The molecule has 0 bridgehead atoms. The number of benzene rings is 1. The quantitative estimate of drug-likeness (QED) is 0.771. The summed E-state index contributed by atoms with van der Waals surface area (Å²) in [5.41, 5.74) is 0.709. The van der Waals surface area contributed by atoms with Gasteiger partial charge in [-0.3, -0.25) is 0 Å². The van der Waals surface area contributed by atoms with E-state index < -0.39 is 5.54 Å². The first-order valence-corrected chi connectivity index (χ1v) is 7.46. The number of pyridine rings is 1. The molecule has 0 aliphatic carbocycles. The van der Waals surface area contributed by atoms with Gasteiger partial charge in [-0.15, -0.1) is 11.6 Å². The Morgan fingerprint density at radius 3 is 2.58 bits per heavy atom. The highest BCUT2D eigenvalue weighted by atomic mass is 79.9. The number of aromatic nitrogens is 1. The summed E-state index contributed by atoms with van der Waals surface area (Å²) in [5, 5.41) is 3.96. The molecule has 0 spiro atoms. The van der Waals surface area contributed by atoms with Crippen molar-refractivity contribution in [3.63, 3.8) is 0 Å². The zero-order chi connectivity index (χ0) is 13.9. The Morgan fingerprint density at radius 2 is 2.00 bits per heavy atom. The van der Waals surface area contributed by atoms with E-state index in [1.165, 1.54) is 0 Å². The van der Waals surface area contributed by atoms with E-state index in [0.29, 0.717) is 10.9 Å². The average Bonchev–Trinajstić information content (AvgIpc) is 2.43. The molecule has 0 saturated carbocycles. The summed E-state index contributed by atoms with van der Waals surface area (Å²) in [7, 11) is 0. The highest BCUT2D eigenvalue weighted by molar-refractivity contribution is 9.10. The number of hydrogen-bond acceptors (Lipinski definition) is 2. The Labute approximate surface area is 131 Å². The Bertz CT molecular complexity index is 563. The number of nitrogens with one attached hydrogen (secondary N) is 1. The lowest BCUT2D eigenvalue weighted by molar-refractivity contribution is 0.613. The first kappa shape index (κ1) is 14.6. The van der Waals surface area contributed by atoms with Crippen LogP contribution in [0.4, 0.5) is 5.82 Å². The standard InChI is InChI=1S/C14H13BrCl2N2/c1-14(9-16,10-5-3-2-4-6-10)19-13-12(15)7-11(17)8-18-13/h2-8H,9H2,1H3,(H,18,19). The fourth-order valence-electron chi connectivity index (χ4n) is 1.76. The van der Waals surface area contributed by atoms with Gasteiger partial charge in [0.15, 0.2) is 0 Å². The number of rotatable bonds is 4. The van der Waals surface area contributed by atoms with Gasteiger partial charge in [-0.25, -0.2) is 4.98 Å². The van der Waals surface area contributed by atoms with Crippen LogP contribution in [-0.4, -0.2) is 10.9 Å². The van der Waals surface area contributed by atoms with Crippen molar-refractivity contribution in [3.8, 4) is 0 Å². The Kier molecular flexibility index (Phi) is 4.71. The lowest BCUT2D eigenvalue weighted by Crippen LogP contribution is -2.34. The molecule has 100 valence electrons. The van der Waals surface area contributed by atoms with Crippen molar-refractivity contribution >= 4 is 44.9 Å². The van der Waals surface area contributed by atoms with Gasteiger partial charge in [0.2, 0.25) is 0 Å². The molecular formula is C14H13BrCl2N2. The minimum Gasteiger partial charge on any atom is -0.359 e. The topological polar surface area (TPSA) is 24.9 Å². The van der Waals surface area contributed by atoms with Crippen molar-refractivity contribution in [2.24, 2.45) is 0 Å². The molecule has 1 aromatic carbocycles. The van der Waals surface area contributed by atoms with E-state index in [4.69, 9.17) is 23.2 Å². The second-order valence-electron chi connectivity index (χ2n) is 4.44. The molecule has 2 nitrogen and oxygen atoms in total. The molecule has 0 radical (unpaired) electrons. The van der Waals surface area contributed by atoms with Crippen LogP contribution < -0.4 is 5.32 Å². The molecule has 1 aromatic heterocycles. The van der Waals surface area contributed by atoms with E-state index in [2.05, 4.69) is 26.2 Å². The van der Waals surface area contributed by atoms with E-state index in [0.717, 1.165) is 15.9 Å². The third-order valence-corrected chi connectivity index (χ3v) is 4.23. The highest BCUT2D eigenvalue weighted by Gasteiger charge is 2.26. The molecule has 1 heterocycles. The largest absolute Gasteiger partial charge is 0.359 e. The molecular weight excluding hydrogens is 347 g/mol. The van der Waals surface area contributed by atoms with Gasteiger partial charge in [0, 0.05) is 12.1 Å². The maximum atomic E-state index is 6.15. The Morgan fingerprint density at radius 1 is 1.32 bits per heavy atom. The normalized spacial score (nSPS) is 13.9. The average molecular weight is 360 g/mol. The van der Waals surface area contributed by atoms with Gasteiger partial charge in [0.05, 0.1) is 15.0 Å². The number of nitrogens with zero attached hydrogens (tertiary/aromatic N) is 1. The van der Waals surface area contributed by atoms with Crippen LogP contribution >= 0.6 is 39.1 Å². The highest BCUT2D eigenvalue weighted by Crippen LogP contribution is 2.31. The van der Waals surface area contributed by atoms with Gasteiger partial charge in [0.1, 0.15) is 5.82 Å². The summed E-state index contributed by atoms with van der Waals surface area (Å²) in [6.07, 6.45) is 1.61. The van der Waals surface area contributed by atoms with Crippen molar-refractivity contribution in [1.29, 1.82) is 0 Å². The van der Waals surface area contributed by atoms with E-state index >= 15 is 0 Å². The summed E-state index contributed by atoms with van der Waals surface area (Å²) in [4.78, 5) is 4.29. The SMILES string of the molecule is CC(CCl)(Nc1ncc(Cl)cc1Br)c1ccccc1.